The molecule has 0 unspecified atom stereocenters. The first-order chi connectivity index (χ1) is 17.6. The number of aryl methyl sites for hydroxylation is 1. The molecule has 2 aromatic rings. The van der Waals surface area contributed by atoms with Gasteiger partial charge in [-0.25, -0.2) is 10.2 Å². The molecular formula is C26H32IN3O7. The van der Waals surface area contributed by atoms with Gasteiger partial charge < -0.3 is 24.6 Å². The van der Waals surface area contributed by atoms with Gasteiger partial charge in [-0.15, -0.1) is 0 Å². The van der Waals surface area contributed by atoms with Crippen molar-refractivity contribution in [2.45, 2.75) is 40.2 Å². The first-order valence-electron chi connectivity index (χ1n) is 11.7. The van der Waals surface area contributed by atoms with E-state index in [-0.39, 0.29) is 12.5 Å². The number of carboxylic acid groups (broad SMARTS) is 1. The van der Waals surface area contributed by atoms with Gasteiger partial charge in [0, 0.05) is 0 Å². The largest absolute Gasteiger partial charge is 0.490 e. The fraction of sp³-hybridized carbons (Fsp3) is 0.385. The maximum atomic E-state index is 12.8. The fourth-order valence-corrected chi connectivity index (χ4v) is 4.03. The van der Waals surface area contributed by atoms with Gasteiger partial charge in [0.25, 0.3) is 11.8 Å². The Morgan fingerprint density at radius 1 is 1.08 bits per heavy atom. The number of ether oxygens (including phenoxy) is 3. The van der Waals surface area contributed by atoms with E-state index in [4.69, 9.17) is 19.3 Å². The van der Waals surface area contributed by atoms with Gasteiger partial charge in [-0.2, -0.15) is 5.10 Å². The van der Waals surface area contributed by atoms with Crippen molar-refractivity contribution >= 4 is 46.6 Å². The van der Waals surface area contributed by atoms with E-state index in [1.54, 1.807) is 25.1 Å². The molecule has 0 saturated heterocycles. The lowest BCUT2D eigenvalue weighted by Gasteiger charge is -2.19. The molecule has 2 aromatic carbocycles. The van der Waals surface area contributed by atoms with E-state index >= 15 is 0 Å². The third-order valence-corrected chi connectivity index (χ3v) is 5.67. The molecule has 11 heteroatoms. The molecule has 0 spiro atoms. The van der Waals surface area contributed by atoms with Gasteiger partial charge in [-0.05, 0) is 78.1 Å². The lowest BCUT2D eigenvalue weighted by atomic mass is 10.0. The van der Waals surface area contributed by atoms with Crippen molar-refractivity contribution in [3.63, 3.8) is 0 Å². The third-order valence-electron chi connectivity index (χ3n) is 4.87. The van der Waals surface area contributed by atoms with E-state index in [1.807, 2.05) is 61.6 Å². The van der Waals surface area contributed by atoms with E-state index in [2.05, 4.69) is 15.8 Å². The standard InChI is InChI=1S/C26H32IN3O7/c1-5-35-22-12-18(11-19(27)25(22)37-15-24(32)33)13-28-30-26(34)20(10-16(2)3)29-23(31)14-36-21-9-7-6-8-17(21)4/h6-9,11-13,16,20H,5,10,14-15H2,1-4H3,(H,29,31)(H,30,34)(H,32,33)/b28-13-/t20-/m0/s1. The number of halogens is 1. The highest BCUT2D eigenvalue weighted by Gasteiger charge is 2.22. The number of carbonyl (C=O) groups is 3. The van der Waals surface area contributed by atoms with E-state index < -0.39 is 30.4 Å². The summed E-state index contributed by atoms with van der Waals surface area (Å²) in [6, 6.07) is 9.92. The maximum absolute atomic E-state index is 12.8. The number of nitrogens with one attached hydrogen (secondary N) is 2. The number of benzene rings is 2. The Balaban J connectivity index is 2.04. The summed E-state index contributed by atoms with van der Waals surface area (Å²) in [5.41, 5.74) is 3.98. The average molecular weight is 625 g/mol. The average Bonchev–Trinajstić information content (AvgIpc) is 2.82. The smallest absolute Gasteiger partial charge is 0.341 e. The van der Waals surface area contributed by atoms with Crippen LogP contribution in [0.25, 0.3) is 0 Å². The van der Waals surface area contributed by atoms with Crippen molar-refractivity contribution in [2.75, 3.05) is 19.8 Å². The summed E-state index contributed by atoms with van der Waals surface area (Å²) in [6.07, 6.45) is 1.85. The van der Waals surface area contributed by atoms with E-state index in [0.717, 1.165) is 5.56 Å². The number of carboxylic acids is 1. The van der Waals surface area contributed by atoms with Crippen LogP contribution in [0, 0.1) is 16.4 Å². The molecule has 0 radical (unpaired) electrons. The Labute approximate surface area is 229 Å². The normalized spacial score (nSPS) is 11.7. The van der Waals surface area contributed by atoms with Crippen molar-refractivity contribution < 1.29 is 33.7 Å². The van der Waals surface area contributed by atoms with Crippen molar-refractivity contribution in [2.24, 2.45) is 11.0 Å². The second-order valence-electron chi connectivity index (χ2n) is 8.48. The van der Waals surface area contributed by atoms with Gasteiger partial charge in [0.05, 0.1) is 16.4 Å². The lowest BCUT2D eigenvalue weighted by Crippen LogP contribution is -2.47. The Hall–Kier alpha value is -3.35. The third kappa shape index (κ3) is 10.3. The minimum atomic E-state index is -1.10. The number of hydrogen-bond donors (Lipinski definition) is 3. The van der Waals surface area contributed by atoms with Gasteiger partial charge in [-0.1, -0.05) is 32.0 Å². The van der Waals surface area contributed by atoms with Crippen LogP contribution in [0.3, 0.4) is 0 Å². The summed E-state index contributed by atoms with van der Waals surface area (Å²) in [5, 5.41) is 15.6. The van der Waals surface area contributed by atoms with E-state index in [1.165, 1.54) is 6.21 Å². The van der Waals surface area contributed by atoms with E-state index in [9.17, 15) is 14.4 Å². The van der Waals surface area contributed by atoms with Gasteiger partial charge in [0.15, 0.2) is 24.7 Å². The second kappa shape index (κ2) is 15.0. The van der Waals surface area contributed by atoms with Crippen LogP contribution in [0.4, 0.5) is 0 Å². The number of rotatable bonds is 14. The molecule has 10 nitrogen and oxygen atoms in total. The zero-order chi connectivity index (χ0) is 27.4. The number of amides is 2. The van der Waals surface area contributed by atoms with Crippen LogP contribution in [0.15, 0.2) is 41.5 Å². The van der Waals surface area contributed by atoms with Crippen LogP contribution in [0.2, 0.25) is 0 Å². The zero-order valence-corrected chi connectivity index (χ0v) is 23.4. The predicted molar refractivity (Wildman–Crippen MR) is 147 cm³/mol. The molecule has 0 aromatic heterocycles. The topological polar surface area (TPSA) is 136 Å². The summed E-state index contributed by atoms with van der Waals surface area (Å²) >= 11 is 2.01. The first kappa shape index (κ1) is 29.9. The Morgan fingerprint density at radius 2 is 1.81 bits per heavy atom. The van der Waals surface area contributed by atoms with Crippen LogP contribution in [-0.2, 0) is 14.4 Å². The summed E-state index contributed by atoms with van der Waals surface area (Å²) in [6.45, 7) is 7.21. The summed E-state index contributed by atoms with van der Waals surface area (Å²) in [5.74, 6) is -0.549. The van der Waals surface area contributed by atoms with Gasteiger partial charge in [-0.3, -0.25) is 9.59 Å². The second-order valence-corrected chi connectivity index (χ2v) is 9.65. The maximum Gasteiger partial charge on any atom is 0.341 e. The zero-order valence-electron chi connectivity index (χ0n) is 21.2. The van der Waals surface area contributed by atoms with Crippen molar-refractivity contribution in [3.8, 4) is 17.2 Å². The molecule has 0 bridgehead atoms. The van der Waals surface area contributed by atoms with Crippen LogP contribution in [0.5, 0.6) is 17.2 Å². The van der Waals surface area contributed by atoms with Crippen molar-refractivity contribution in [3.05, 3.63) is 51.1 Å². The first-order valence-corrected chi connectivity index (χ1v) is 12.8. The van der Waals surface area contributed by atoms with E-state index in [0.29, 0.717) is 39.4 Å². The van der Waals surface area contributed by atoms with Crippen LogP contribution < -0.4 is 25.0 Å². The molecule has 37 heavy (non-hydrogen) atoms. The van der Waals surface area contributed by atoms with Crippen LogP contribution in [-0.4, -0.2) is 55.0 Å². The number of hydrogen-bond acceptors (Lipinski definition) is 7. The van der Waals surface area contributed by atoms with Gasteiger partial charge >= 0.3 is 5.97 Å². The SMILES string of the molecule is CCOc1cc(/C=N\NC(=O)[C@H](CC(C)C)NC(=O)COc2ccccc2C)cc(I)c1OCC(=O)O. The minimum Gasteiger partial charge on any atom is -0.490 e. The fourth-order valence-electron chi connectivity index (χ4n) is 3.25. The number of hydrazone groups is 1. The Bertz CT molecular complexity index is 1120. The van der Waals surface area contributed by atoms with Crippen molar-refractivity contribution in [1.82, 2.24) is 10.7 Å². The highest BCUT2D eigenvalue weighted by atomic mass is 127. The molecule has 2 amide bonds. The molecule has 0 aliphatic rings. The summed E-state index contributed by atoms with van der Waals surface area (Å²) in [4.78, 5) is 36.1. The van der Waals surface area contributed by atoms with Crippen LogP contribution in [0.1, 0.15) is 38.3 Å². The van der Waals surface area contributed by atoms with Crippen LogP contribution >= 0.6 is 22.6 Å². The number of nitrogens with zero attached hydrogens (tertiary/aromatic N) is 1. The summed E-state index contributed by atoms with van der Waals surface area (Å²) < 4.78 is 17.1. The molecule has 0 aliphatic carbocycles. The van der Waals surface area contributed by atoms with Gasteiger partial charge in [0.1, 0.15) is 11.8 Å². The number of para-hydroxylation sites is 1. The Kier molecular flexibility index (Phi) is 12.1. The molecule has 0 heterocycles. The minimum absolute atomic E-state index is 0.144. The van der Waals surface area contributed by atoms with Crippen molar-refractivity contribution in [1.29, 1.82) is 0 Å². The highest BCUT2D eigenvalue weighted by molar-refractivity contribution is 14.1. The number of carbonyl (C=O) groups excluding carboxylic acids is 2. The van der Waals surface area contributed by atoms with Gasteiger partial charge in [0.2, 0.25) is 0 Å². The predicted octanol–water partition coefficient (Wildman–Crippen LogP) is 3.52. The number of aliphatic carboxylic acids is 1. The quantitative estimate of drug-likeness (QED) is 0.166. The molecule has 0 fully saturated rings. The lowest BCUT2D eigenvalue weighted by molar-refractivity contribution is -0.139. The molecule has 200 valence electrons. The molecule has 1 atom stereocenters. The molecular weight excluding hydrogens is 593 g/mol. The molecule has 0 aliphatic heterocycles. The molecule has 2 rings (SSSR count). The molecule has 3 N–H and O–H groups in total. The highest BCUT2D eigenvalue weighted by Crippen LogP contribution is 2.33. The summed E-state index contributed by atoms with van der Waals surface area (Å²) in [7, 11) is 0. The monoisotopic (exact) mass is 625 g/mol. The Morgan fingerprint density at radius 3 is 2.46 bits per heavy atom. The molecule has 0 saturated carbocycles.